The number of nitrogens with zero attached hydrogens (tertiary/aromatic N) is 4. The van der Waals surface area contributed by atoms with Crippen LogP contribution in [-0.2, 0) is 4.79 Å². The van der Waals surface area contributed by atoms with E-state index in [-0.39, 0.29) is 10.7 Å². The number of hydrogen-bond donors (Lipinski definition) is 1. The molecule has 0 aliphatic carbocycles. The van der Waals surface area contributed by atoms with Gasteiger partial charge in [0.15, 0.2) is 0 Å². The third kappa shape index (κ3) is 3.40. The molecule has 1 aromatic rings. The molecule has 0 radical (unpaired) electrons. The number of anilines is 1. The summed E-state index contributed by atoms with van der Waals surface area (Å²) < 4.78 is 0. The van der Waals surface area contributed by atoms with Crippen LogP contribution in [0.2, 0.25) is 5.02 Å². The first-order valence-corrected chi connectivity index (χ1v) is 6.79. The summed E-state index contributed by atoms with van der Waals surface area (Å²) in [6.45, 7) is 3.93. The van der Waals surface area contributed by atoms with Crippen LogP contribution in [0.25, 0.3) is 0 Å². The fourth-order valence-electron chi connectivity index (χ4n) is 2.23. The Labute approximate surface area is 126 Å². The second kappa shape index (κ2) is 6.23. The smallest absolute Gasteiger partial charge is 0.320 e. The zero-order valence-electron chi connectivity index (χ0n) is 11.4. The van der Waals surface area contributed by atoms with E-state index in [1.54, 1.807) is 6.92 Å². The summed E-state index contributed by atoms with van der Waals surface area (Å²) in [7, 11) is 0. The topological polar surface area (TPSA) is 99.8 Å². The van der Waals surface area contributed by atoms with E-state index in [1.165, 1.54) is 12.3 Å². The van der Waals surface area contributed by atoms with E-state index >= 15 is 0 Å². The highest BCUT2D eigenvalue weighted by atomic mass is 35.5. The average Bonchev–Trinajstić information content (AvgIpc) is 2.46. The lowest BCUT2D eigenvalue weighted by Crippen LogP contribution is -2.52. The molecule has 1 unspecified atom stereocenters. The number of halogens is 1. The van der Waals surface area contributed by atoms with Gasteiger partial charge in [-0.25, -0.2) is 4.98 Å². The molecular weight excluding hydrogens is 300 g/mol. The van der Waals surface area contributed by atoms with E-state index in [9.17, 15) is 14.9 Å². The molecule has 114 valence electrons. The highest BCUT2D eigenvalue weighted by Gasteiger charge is 2.26. The number of piperazine rings is 1. The van der Waals surface area contributed by atoms with Crippen molar-refractivity contribution in [3.05, 3.63) is 27.4 Å². The number of hydrogen-bond acceptors (Lipinski definition) is 6. The number of pyridine rings is 1. The molecular formula is C12H15ClN4O4. The van der Waals surface area contributed by atoms with Gasteiger partial charge < -0.3 is 10.0 Å². The Kier molecular flexibility index (Phi) is 4.59. The molecule has 2 heterocycles. The SMILES string of the molecule is CC(C(=O)O)N1CCN(c2ncc([N+](=O)[O-])cc2Cl)CC1. The number of carboxylic acid groups (broad SMARTS) is 1. The second-order valence-corrected chi connectivity index (χ2v) is 5.20. The zero-order valence-corrected chi connectivity index (χ0v) is 12.2. The molecule has 1 fully saturated rings. The zero-order chi connectivity index (χ0) is 15.6. The van der Waals surface area contributed by atoms with Crippen molar-refractivity contribution in [2.75, 3.05) is 31.1 Å². The summed E-state index contributed by atoms with van der Waals surface area (Å²) in [4.78, 5) is 28.9. The number of carboxylic acids is 1. The maximum Gasteiger partial charge on any atom is 0.320 e. The van der Waals surface area contributed by atoms with Gasteiger partial charge in [-0.05, 0) is 6.92 Å². The molecule has 1 aliphatic rings. The molecule has 0 saturated carbocycles. The molecule has 2 rings (SSSR count). The van der Waals surface area contributed by atoms with Crippen molar-refractivity contribution in [1.82, 2.24) is 9.88 Å². The summed E-state index contributed by atoms with van der Waals surface area (Å²) in [5, 5.41) is 19.9. The Morgan fingerprint density at radius 3 is 2.57 bits per heavy atom. The predicted octanol–water partition coefficient (Wildman–Crippen LogP) is 1.24. The average molecular weight is 315 g/mol. The van der Waals surface area contributed by atoms with Crippen molar-refractivity contribution in [3.63, 3.8) is 0 Å². The number of nitro groups is 1. The molecule has 21 heavy (non-hydrogen) atoms. The van der Waals surface area contributed by atoms with Gasteiger partial charge in [0.2, 0.25) is 0 Å². The van der Waals surface area contributed by atoms with Crippen molar-refractivity contribution < 1.29 is 14.8 Å². The van der Waals surface area contributed by atoms with Gasteiger partial charge in [-0.3, -0.25) is 19.8 Å². The van der Waals surface area contributed by atoms with E-state index in [4.69, 9.17) is 16.7 Å². The van der Waals surface area contributed by atoms with E-state index < -0.39 is 16.9 Å². The van der Waals surface area contributed by atoms with E-state index in [1.807, 2.05) is 9.80 Å². The number of aliphatic carboxylic acids is 1. The molecule has 1 aliphatic heterocycles. The van der Waals surface area contributed by atoms with Crippen LogP contribution in [0, 0.1) is 10.1 Å². The molecule has 8 nitrogen and oxygen atoms in total. The minimum atomic E-state index is -0.852. The monoisotopic (exact) mass is 314 g/mol. The number of carbonyl (C=O) groups is 1. The Bertz CT molecular complexity index is 560. The lowest BCUT2D eigenvalue weighted by Gasteiger charge is -2.37. The summed E-state index contributed by atoms with van der Waals surface area (Å²) in [6, 6.07) is 0.739. The molecule has 1 atom stereocenters. The second-order valence-electron chi connectivity index (χ2n) is 4.79. The Morgan fingerprint density at radius 2 is 2.10 bits per heavy atom. The van der Waals surface area contributed by atoms with Crippen LogP contribution in [-0.4, -0.2) is 58.1 Å². The third-order valence-electron chi connectivity index (χ3n) is 3.54. The number of aromatic nitrogens is 1. The highest BCUT2D eigenvalue weighted by Crippen LogP contribution is 2.27. The molecule has 1 aromatic heterocycles. The van der Waals surface area contributed by atoms with Gasteiger partial charge in [0, 0.05) is 32.2 Å². The standard InChI is InChI=1S/C12H15ClN4O4/c1-8(12(18)19)15-2-4-16(5-3-15)11-10(13)6-9(7-14-11)17(20)21/h6-8H,2-5H2,1H3,(H,18,19). The van der Waals surface area contributed by atoms with E-state index in [2.05, 4.69) is 4.98 Å². The van der Waals surface area contributed by atoms with Crippen molar-refractivity contribution in [3.8, 4) is 0 Å². The summed E-state index contributed by atoms with van der Waals surface area (Å²) in [6.07, 6.45) is 1.17. The lowest BCUT2D eigenvalue weighted by atomic mass is 10.2. The minimum Gasteiger partial charge on any atom is -0.480 e. The largest absolute Gasteiger partial charge is 0.480 e. The summed E-state index contributed by atoms with van der Waals surface area (Å²) in [5.74, 6) is -0.361. The molecule has 0 bridgehead atoms. The van der Waals surface area contributed by atoms with Crippen LogP contribution in [0.4, 0.5) is 11.5 Å². The molecule has 1 N–H and O–H groups in total. The number of rotatable bonds is 4. The van der Waals surface area contributed by atoms with Crippen molar-refractivity contribution in [2.24, 2.45) is 0 Å². The van der Waals surface area contributed by atoms with Crippen LogP contribution < -0.4 is 4.90 Å². The quantitative estimate of drug-likeness (QED) is 0.659. The maximum atomic E-state index is 11.0. The molecule has 0 aromatic carbocycles. The molecule has 1 saturated heterocycles. The summed E-state index contributed by atoms with van der Waals surface area (Å²) >= 11 is 6.04. The Hall–Kier alpha value is -1.93. The minimum absolute atomic E-state index is 0.151. The van der Waals surface area contributed by atoms with Crippen LogP contribution in [0.15, 0.2) is 12.3 Å². The van der Waals surface area contributed by atoms with Crippen molar-refractivity contribution in [1.29, 1.82) is 0 Å². The molecule has 0 spiro atoms. The van der Waals surface area contributed by atoms with Gasteiger partial charge in [0.1, 0.15) is 18.1 Å². The van der Waals surface area contributed by atoms with E-state index in [0.717, 1.165) is 0 Å². The van der Waals surface area contributed by atoms with Gasteiger partial charge in [-0.1, -0.05) is 11.6 Å². The van der Waals surface area contributed by atoms with Gasteiger partial charge in [0.05, 0.1) is 9.95 Å². The fourth-order valence-corrected chi connectivity index (χ4v) is 2.51. The Balaban J connectivity index is 2.05. The predicted molar refractivity (Wildman–Crippen MR) is 76.8 cm³/mol. The van der Waals surface area contributed by atoms with E-state index in [0.29, 0.717) is 32.0 Å². The normalized spacial score (nSPS) is 17.5. The van der Waals surface area contributed by atoms with Crippen LogP contribution in [0.3, 0.4) is 0 Å². The van der Waals surface area contributed by atoms with Crippen LogP contribution in [0.1, 0.15) is 6.92 Å². The first-order chi connectivity index (χ1) is 9.90. The Morgan fingerprint density at radius 1 is 1.48 bits per heavy atom. The highest BCUT2D eigenvalue weighted by molar-refractivity contribution is 6.33. The van der Waals surface area contributed by atoms with Crippen molar-refractivity contribution >= 4 is 29.1 Å². The third-order valence-corrected chi connectivity index (χ3v) is 3.82. The van der Waals surface area contributed by atoms with Crippen molar-refractivity contribution in [2.45, 2.75) is 13.0 Å². The fraction of sp³-hybridized carbons (Fsp3) is 0.500. The maximum absolute atomic E-state index is 11.0. The summed E-state index contributed by atoms with van der Waals surface area (Å²) in [5.41, 5.74) is -0.151. The first-order valence-electron chi connectivity index (χ1n) is 6.42. The van der Waals surface area contributed by atoms with Crippen LogP contribution >= 0.6 is 11.6 Å². The first kappa shape index (κ1) is 15.5. The molecule has 0 amide bonds. The molecule has 9 heteroatoms. The lowest BCUT2D eigenvalue weighted by molar-refractivity contribution is -0.385. The van der Waals surface area contributed by atoms with Gasteiger partial charge in [0.25, 0.3) is 5.69 Å². The van der Waals surface area contributed by atoms with Gasteiger partial charge >= 0.3 is 5.97 Å². The van der Waals surface area contributed by atoms with Gasteiger partial charge in [-0.15, -0.1) is 0 Å². The van der Waals surface area contributed by atoms with Crippen LogP contribution in [0.5, 0.6) is 0 Å². The van der Waals surface area contributed by atoms with Gasteiger partial charge in [-0.2, -0.15) is 0 Å².